The number of carboxylic acid groups (broad SMARTS) is 1. The highest BCUT2D eigenvalue weighted by atomic mass is 32.1. The summed E-state index contributed by atoms with van der Waals surface area (Å²) < 4.78 is 5.91. The van der Waals surface area contributed by atoms with Crippen LogP contribution in [-0.2, 0) is 30.9 Å². The number of rotatable bonds is 8. The van der Waals surface area contributed by atoms with Crippen LogP contribution in [0.25, 0.3) is 0 Å². The zero-order valence-corrected chi connectivity index (χ0v) is 18.0. The Hall–Kier alpha value is -3.14. The van der Waals surface area contributed by atoms with E-state index in [0.717, 1.165) is 31.6 Å². The number of carbonyl (C=O) groups is 1. The first-order chi connectivity index (χ1) is 15.1. The molecule has 1 unspecified atom stereocenters. The maximum atomic E-state index is 10.9. The summed E-state index contributed by atoms with van der Waals surface area (Å²) in [6.07, 6.45) is 0.930. The number of ether oxygens (including phenoxy) is 1. The molecule has 0 amide bonds. The minimum atomic E-state index is -0.980. The third-order valence-corrected chi connectivity index (χ3v) is 6.53. The summed E-state index contributed by atoms with van der Waals surface area (Å²) in [4.78, 5) is 14.9. The number of nitriles is 1. The average molecular weight is 433 g/mol. The van der Waals surface area contributed by atoms with Gasteiger partial charge in [-0.25, -0.2) is 0 Å². The van der Waals surface area contributed by atoms with Crippen LogP contribution in [0.15, 0.2) is 60.0 Å². The van der Waals surface area contributed by atoms with Gasteiger partial charge in [-0.2, -0.15) is 5.26 Å². The summed E-state index contributed by atoms with van der Waals surface area (Å²) in [7, 11) is 0. The van der Waals surface area contributed by atoms with Crippen molar-refractivity contribution in [2.45, 2.75) is 38.5 Å². The molecule has 4 rings (SSSR count). The molecule has 0 saturated carbocycles. The lowest BCUT2D eigenvalue weighted by molar-refractivity contribution is -0.137. The predicted molar refractivity (Wildman–Crippen MR) is 120 cm³/mol. The van der Waals surface area contributed by atoms with Gasteiger partial charge in [0, 0.05) is 24.5 Å². The maximum absolute atomic E-state index is 10.9. The van der Waals surface area contributed by atoms with E-state index in [1.165, 1.54) is 16.0 Å². The monoisotopic (exact) mass is 432 g/mol. The molecule has 3 aromatic rings. The van der Waals surface area contributed by atoms with Crippen molar-refractivity contribution in [2.24, 2.45) is 0 Å². The maximum Gasteiger partial charge on any atom is 0.305 e. The number of nitrogens with zero attached hydrogens (tertiary/aromatic N) is 2. The fourth-order valence-corrected chi connectivity index (χ4v) is 4.78. The Morgan fingerprint density at radius 3 is 2.77 bits per heavy atom. The number of benzene rings is 2. The van der Waals surface area contributed by atoms with Crippen LogP contribution in [0.4, 0.5) is 0 Å². The van der Waals surface area contributed by atoms with Crippen molar-refractivity contribution >= 4 is 17.3 Å². The Balaban J connectivity index is 1.33. The Bertz CT molecular complexity index is 1080. The average Bonchev–Trinajstić information content (AvgIpc) is 3.24. The molecule has 1 atom stereocenters. The first-order valence-corrected chi connectivity index (χ1v) is 11.2. The van der Waals surface area contributed by atoms with Crippen molar-refractivity contribution in [3.63, 3.8) is 0 Å². The van der Waals surface area contributed by atoms with Gasteiger partial charge in [-0.05, 0) is 52.3 Å². The smallest absolute Gasteiger partial charge is 0.305 e. The molecule has 2 heterocycles. The van der Waals surface area contributed by atoms with Crippen molar-refractivity contribution in [1.82, 2.24) is 4.90 Å². The second-order valence-corrected chi connectivity index (χ2v) is 8.79. The Kier molecular flexibility index (Phi) is 6.66. The third kappa shape index (κ3) is 5.52. The Morgan fingerprint density at radius 2 is 2.00 bits per heavy atom. The molecule has 1 aromatic heterocycles. The van der Waals surface area contributed by atoms with Gasteiger partial charge in [-0.3, -0.25) is 9.69 Å². The van der Waals surface area contributed by atoms with E-state index in [0.29, 0.717) is 17.9 Å². The van der Waals surface area contributed by atoms with Crippen LogP contribution in [0, 0.1) is 11.3 Å². The summed E-state index contributed by atoms with van der Waals surface area (Å²) in [5.74, 6) is -0.933. The van der Waals surface area contributed by atoms with Crippen molar-refractivity contribution in [3.05, 3.63) is 87.1 Å². The lowest BCUT2D eigenvalue weighted by Gasteiger charge is -2.27. The minimum Gasteiger partial charge on any atom is -0.489 e. The van der Waals surface area contributed by atoms with Crippen molar-refractivity contribution in [2.75, 3.05) is 6.54 Å². The van der Waals surface area contributed by atoms with E-state index in [2.05, 4.69) is 40.6 Å². The van der Waals surface area contributed by atoms with Crippen molar-refractivity contribution in [1.29, 1.82) is 5.26 Å². The number of carboxylic acids is 1. The zero-order chi connectivity index (χ0) is 21.6. The summed E-state index contributed by atoms with van der Waals surface area (Å²) in [6.45, 7) is 3.49. The molecule has 1 N–H and O–H groups in total. The highest BCUT2D eigenvalue weighted by Crippen LogP contribution is 2.26. The number of thiophene rings is 1. The van der Waals surface area contributed by atoms with Gasteiger partial charge in [0.05, 0.1) is 18.4 Å². The number of aliphatic carboxylic acids is 1. The predicted octanol–water partition coefficient (Wildman–Crippen LogP) is 4.97. The molecule has 1 aliphatic rings. The standard InChI is InChI=1S/C25H24N2O3S/c26-14-22(13-25(28)29)20-4-6-23(7-5-20)30-17-19-3-1-2-18(12-19)15-27-10-8-24-21(16-27)9-11-31-24/h1-7,9,11-12,22H,8,10,13,15-17H2,(H,28,29). The lowest BCUT2D eigenvalue weighted by atomic mass is 9.97. The van der Waals surface area contributed by atoms with Gasteiger partial charge in [0.1, 0.15) is 12.4 Å². The highest BCUT2D eigenvalue weighted by molar-refractivity contribution is 7.10. The van der Waals surface area contributed by atoms with Gasteiger partial charge in [-0.1, -0.05) is 36.4 Å². The SMILES string of the molecule is N#CC(CC(=O)O)c1ccc(OCc2cccc(CN3CCc4sccc4C3)c2)cc1. The lowest BCUT2D eigenvalue weighted by Crippen LogP contribution is -2.29. The van der Waals surface area contributed by atoms with E-state index in [9.17, 15) is 10.1 Å². The molecule has 2 aromatic carbocycles. The van der Waals surface area contributed by atoms with Crippen LogP contribution in [0.3, 0.4) is 0 Å². The fraction of sp³-hybridized carbons (Fsp3) is 0.280. The van der Waals surface area contributed by atoms with Gasteiger partial charge in [0.2, 0.25) is 0 Å². The van der Waals surface area contributed by atoms with Crippen LogP contribution in [-0.4, -0.2) is 22.5 Å². The topological polar surface area (TPSA) is 73.6 Å². The number of hydrogen-bond acceptors (Lipinski definition) is 5. The molecule has 0 fully saturated rings. The second kappa shape index (κ2) is 9.78. The van der Waals surface area contributed by atoms with Gasteiger partial charge in [0.25, 0.3) is 0 Å². The van der Waals surface area contributed by atoms with Crippen molar-refractivity contribution < 1.29 is 14.6 Å². The molecular formula is C25H24N2O3S. The van der Waals surface area contributed by atoms with E-state index in [1.807, 2.05) is 17.4 Å². The summed E-state index contributed by atoms with van der Waals surface area (Å²) in [5, 5.41) is 20.3. The largest absolute Gasteiger partial charge is 0.489 e. The number of hydrogen-bond donors (Lipinski definition) is 1. The molecule has 1 aliphatic heterocycles. The van der Waals surface area contributed by atoms with E-state index in [-0.39, 0.29) is 6.42 Å². The van der Waals surface area contributed by atoms with Crippen LogP contribution in [0.1, 0.15) is 39.5 Å². The first kappa shape index (κ1) is 21.1. The molecule has 0 saturated heterocycles. The van der Waals surface area contributed by atoms with Crippen LogP contribution >= 0.6 is 11.3 Å². The van der Waals surface area contributed by atoms with Crippen molar-refractivity contribution in [3.8, 4) is 11.8 Å². The Labute approximate surface area is 186 Å². The summed E-state index contributed by atoms with van der Waals surface area (Å²) in [6, 6.07) is 19.9. The first-order valence-electron chi connectivity index (χ1n) is 10.3. The molecule has 31 heavy (non-hydrogen) atoms. The normalized spacial score (nSPS) is 14.4. The number of fused-ring (bicyclic) bond motifs is 1. The molecule has 5 nitrogen and oxygen atoms in total. The van der Waals surface area contributed by atoms with Gasteiger partial charge >= 0.3 is 5.97 Å². The fourth-order valence-electron chi connectivity index (χ4n) is 3.89. The van der Waals surface area contributed by atoms with E-state index < -0.39 is 11.9 Å². The van der Waals surface area contributed by atoms with Crippen LogP contribution in [0.2, 0.25) is 0 Å². The highest BCUT2D eigenvalue weighted by Gasteiger charge is 2.17. The zero-order valence-electron chi connectivity index (χ0n) is 17.2. The van der Waals surface area contributed by atoms with Gasteiger partial charge in [-0.15, -0.1) is 11.3 Å². The molecular weight excluding hydrogens is 408 g/mol. The van der Waals surface area contributed by atoms with E-state index >= 15 is 0 Å². The quantitative estimate of drug-likeness (QED) is 0.544. The second-order valence-electron chi connectivity index (χ2n) is 7.79. The van der Waals surface area contributed by atoms with E-state index in [4.69, 9.17) is 9.84 Å². The Morgan fingerprint density at radius 1 is 1.19 bits per heavy atom. The molecule has 0 radical (unpaired) electrons. The van der Waals surface area contributed by atoms with E-state index in [1.54, 1.807) is 24.3 Å². The van der Waals surface area contributed by atoms with Gasteiger partial charge in [0.15, 0.2) is 0 Å². The molecule has 0 bridgehead atoms. The molecule has 6 heteroatoms. The summed E-state index contributed by atoms with van der Waals surface area (Å²) in [5.41, 5.74) is 4.53. The molecule has 0 spiro atoms. The summed E-state index contributed by atoms with van der Waals surface area (Å²) >= 11 is 1.86. The van der Waals surface area contributed by atoms with Crippen LogP contribution in [0.5, 0.6) is 5.75 Å². The van der Waals surface area contributed by atoms with Crippen LogP contribution < -0.4 is 4.74 Å². The molecule has 158 valence electrons. The molecule has 0 aliphatic carbocycles. The minimum absolute atomic E-state index is 0.200. The van der Waals surface area contributed by atoms with Gasteiger partial charge < -0.3 is 9.84 Å². The third-order valence-electron chi connectivity index (χ3n) is 5.51.